The van der Waals surface area contributed by atoms with Crippen molar-refractivity contribution < 1.29 is 14.2 Å². The first-order valence-electron chi connectivity index (χ1n) is 4.71. The number of hydrogen-bond acceptors (Lipinski definition) is 2. The van der Waals surface area contributed by atoms with Crippen molar-refractivity contribution in [3.05, 3.63) is 29.8 Å². The van der Waals surface area contributed by atoms with Crippen molar-refractivity contribution in [3.63, 3.8) is 0 Å². The molecular formula is C11H15FO2. The van der Waals surface area contributed by atoms with Gasteiger partial charge in [0.15, 0.2) is 0 Å². The summed E-state index contributed by atoms with van der Waals surface area (Å²) in [5.41, 5.74) is 0.850. The Morgan fingerprint density at radius 3 is 2.50 bits per heavy atom. The van der Waals surface area contributed by atoms with E-state index in [1.165, 1.54) is 0 Å². The maximum atomic E-state index is 11.8. The Labute approximate surface area is 83.3 Å². The van der Waals surface area contributed by atoms with Crippen LogP contribution in [0, 0.1) is 0 Å². The third-order valence-electron chi connectivity index (χ3n) is 1.91. The molecule has 0 unspecified atom stereocenters. The van der Waals surface area contributed by atoms with Gasteiger partial charge in [0.2, 0.25) is 0 Å². The monoisotopic (exact) mass is 198 g/mol. The second kappa shape index (κ2) is 5.60. The molecule has 0 radical (unpaired) electrons. The van der Waals surface area contributed by atoms with Gasteiger partial charge in [0, 0.05) is 6.42 Å². The fourth-order valence-electron chi connectivity index (χ4n) is 1.09. The molecule has 0 spiro atoms. The third-order valence-corrected chi connectivity index (χ3v) is 1.91. The van der Waals surface area contributed by atoms with E-state index in [0.29, 0.717) is 18.8 Å². The predicted molar refractivity (Wildman–Crippen MR) is 53.2 cm³/mol. The van der Waals surface area contributed by atoms with Crippen LogP contribution in [0.25, 0.3) is 0 Å². The fraction of sp³-hybridized carbons (Fsp3) is 0.455. The minimum atomic E-state index is -0.463. The average Bonchev–Trinajstić information content (AvgIpc) is 2.19. The largest absolute Gasteiger partial charge is 0.494 e. The van der Waals surface area contributed by atoms with Crippen LogP contribution in [0.5, 0.6) is 5.75 Å². The third kappa shape index (κ3) is 3.34. The second-order valence-corrected chi connectivity index (χ2v) is 3.14. The summed E-state index contributed by atoms with van der Waals surface area (Å²) in [7, 11) is 0. The predicted octanol–water partition coefficient (Wildman–Crippen LogP) is 2.48. The zero-order valence-corrected chi connectivity index (χ0v) is 8.24. The number of ether oxygens (including phenoxy) is 1. The maximum Gasteiger partial charge on any atom is 0.119 e. The normalized spacial score (nSPS) is 12.5. The van der Waals surface area contributed by atoms with Gasteiger partial charge < -0.3 is 9.84 Å². The quantitative estimate of drug-likeness (QED) is 0.736. The Morgan fingerprint density at radius 1 is 1.36 bits per heavy atom. The lowest BCUT2D eigenvalue weighted by Crippen LogP contribution is -1.98. The summed E-state index contributed by atoms with van der Waals surface area (Å²) in [6.07, 6.45) is -0.0482. The minimum absolute atomic E-state index is 0.355. The van der Waals surface area contributed by atoms with Crippen LogP contribution < -0.4 is 4.74 Å². The molecule has 0 aliphatic rings. The van der Waals surface area contributed by atoms with Crippen molar-refractivity contribution in [1.82, 2.24) is 0 Å². The van der Waals surface area contributed by atoms with Crippen molar-refractivity contribution in [1.29, 1.82) is 0 Å². The molecule has 0 amide bonds. The molecular weight excluding hydrogens is 183 g/mol. The number of alkyl halides is 1. The van der Waals surface area contributed by atoms with Gasteiger partial charge in [-0.15, -0.1) is 0 Å². The van der Waals surface area contributed by atoms with E-state index in [1.54, 1.807) is 31.2 Å². The van der Waals surface area contributed by atoms with Crippen molar-refractivity contribution in [3.8, 4) is 5.75 Å². The van der Waals surface area contributed by atoms with Gasteiger partial charge in [-0.3, -0.25) is 4.39 Å². The lowest BCUT2D eigenvalue weighted by molar-refractivity contribution is 0.199. The molecule has 0 aliphatic carbocycles. The second-order valence-electron chi connectivity index (χ2n) is 3.14. The molecule has 1 N–H and O–H groups in total. The summed E-state index contributed by atoms with van der Waals surface area (Å²) in [4.78, 5) is 0. The highest BCUT2D eigenvalue weighted by Crippen LogP contribution is 2.17. The number of aliphatic hydroxyl groups excluding tert-OH is 1. The highest BCUT2D eigenvalue weighted by atomic mass is 19.1. The number of aliphatic hydroxyl groups is 1. The molecule has 1 aromatic rings. The standard InChI is InChI=1S/C11H15FO2/c1-9(13)10-3-5-11(6-4-10)14-8-2-7-12/h3-6,9,13H,2,7-8H2,1H3/t9-/m1/s1. The van der Waals surface area contributed by atoms with E-state index in [-0.39, 0.29) is 6.67 Å². The summed E-state index contributed by atoms with van der Waals surface area (Å²) in [5.74, 6) is 0.711. The molecule has 0 bridgehead atoms. The highest BCUT2D eigenvalue weighted by Gasteiger charge is 2.00. The lowest BCUT2D eigenvalue weighted by Gasteiger charge is -2.07. The smallest absolute Gasteiger partial charge is 0.119 e. The Bertz CT molecular complexity index is 256. The van der Waals surface area contributed by atoms with E-state index >= 15 is 0 Å². The van der Waals surface area contributed by atoms with Crippen LogP contribution in [0.2, 0.25) is 0 Å². The molecule has 2 nitrogen and oxygen atoms in total. The van der Waals surface area contributed by atoms with Gasteiger partial charge in [-0.2, -0.15) is 0 Å². The van der Waals surface area contributed by atoms with Gasteiger partial charge in [-0.1, -0.05) is 12.1 Å². The number of hydrogen-bond donors (Lipinski definition) is 1. The van der Waals surface area contributed by atoms with Crippen molar-refractivity contribution in [2.45, 2.75) is 19.4 Å². The van der Waals surface area contributed by atoms with Crippen LogP contribution in [0.15, 0.2) is 24.3 Å². The van der Waals surface area contributed by atoms with Crippen molar-refractivity contribution in [2.75, 3.05) is 13.3 Å². The maximum absolute atomic E-state index is 11.8. The van der Waals surface area contributed by atoms with E-state index in [9.17, 15) is 9.50 Å². The summed E-state index contributed by atoms with van der Waals surface area (Å²) in [5, 5.41) is 9.24. The summed E-state index contributed by atoms with van der Waals surface area (Å²) < 4.78 is 17.0. The summed E-state index contributed by atoms with van der Waals surface area (Å²) in [6, 6.07) is 7.16. The van der Waals surface area contributed by atoms with E-state index in [0.717, 1.165) is 5.56 Å². The molecule has 1 atom stereocenters. The zero-order valence-electron chi connectivity index (χ0n) is 8.24. The first kappa shape index (κ1) is 11.0. The van der Waals surface area contributed by atoms with Crippen LogP contribution in [-0.2, 0) is 0 Å². The van der Waals surface area contributed by atoms with Crippen molar-refractivity contribution in [2.24, 2.45) is 0 Å². The average molecular weight is 198 g/mol. The van der Waals surface area contributed by atoms with Crippen LogP contribution in [-0.4, -0.2) is 18.4 Å². The fourth-order valence-corrected chi connectivity index (χ4v) is 1.09. The number of rotatable bonds is 5. The topological polar surface area (TPSA) is 29.5 Å². The number of halogens is 1. The van der Waals surface area contributed by atoms with E-state index in [1.807, 2.05) is 0 Å². The van der Waals surface area contributed by atoms with Crippen molar-refractivity contribution >= 4 is 0 Å². The molecule has 0 saturated heterocycles. The Morgan fingerprint density at radius 2 is 2.00 bits per heavy atom. The molecule has 1 aromatic carbocycles. The molecule has 0 heterocycles. The number of benzene rings is 1. The van der Waals surface area contributed by atoms with Crippen LogP contribution in [0.3, 0.4) is 0 Å². The molecule has 0 saturated carbocycles. The zero-order chi connectivity index (χ0) is 10.4. The van der Waals surface area contributed by atoms with Gasteiger partial charge in [0.05, 0.1) is 19.4 Å². The van der Waals surface area contributed by atoms with E-state index in [2.05, 4.69) is 0 Å². The van der Waals surface area contributed by atoms with Gasteiger partial charge in [0.1, 0.15) is 5.75 Å². The SMILES string of the molecule is C[C@@H](O)c1ccc(OCCCF)cc1. The molecule has 0 aliphatic heterocycles. The molecule has 3 heteroatoms. The van der Waals surface area contributed by atoms with Gasteiger partial charge in [-0.05, 0) is 24.6 Å². The van der Waals surface area contributed by atoms with Crippen LogP contribution in [0.4, 0.5) is 4.39 Å². The highest BCUT2D eigenvalue weighted by molar-refractivity contribution is 5.28. The molecule has 1 rings (SSSR count). The summed E-state index contributed by atoms with van der Waals surface area (Å²) >= 11 is 0. The van der Waals surface area contributed by atoms with Crippen LogP contribution >= 0.6 is 0 Å². The van der Waals surface area contributed by atoms with Gasteiger partial charge in [0.25, 0.3) is 0 Å². The Balaban J connectivity index is 2.47. The molecule has 14 heavy (non-hydrogen) atoms. The van der Waals surface area contributed by atoms with E-state index < -0.39 is 6.10 Å². The first-order chi connectivity index (χ1) is 6.74. The van der Waals surface area contributed by atoms with Crippen LogP contribution in [0.1, 0.15) is 25.0 Å². The Kier molecular flexibility index (Phi) is 4.40. The molecule has 78 valence electrons. The van der Waals surface area contributed by atoms with Gasteiger partial charge >= 0.3 is 0 Å². The first-order valence-corrected chi connectivity index (χ1v) is 4.71. The summed E-state index contributed by atoms with van der Waals surface area (Å²) in [6.45, 7) is 1.75. The minimum Gasteiger partial charge on any atom is -0.494 e. The molecule has 0 aromatic heterocycles. The molecule has 0 fully saturated rings. The van der Waals surface area contributed by atoms with E-state index in [4.69, 9.17) is 4.74 Å². The lowest BCUT2D eigenvalue weighted by atomic mass is 10.1. The Hall–Kier alpha value is -1.09. The van der Waals surface area contributed by atoms with Gasteiger partial charge in [-0.25, -0.2) is 0 Å².